The lowest BCUT2D eigenvalue weighted by atomic mass is 9.94. The SMILES string of the molecule is CC[C@H](CN)CC(C)COc1cccc([N+](=O)[O-])c1. The number of non-ortho nitro benzene ring substituents is 1. The summed E-state index contributed by atoms with van der Waals surface area (Å²) in [5, 5.41) is 10.7. The van der Waals surface area contributed by atoms with Crippen LogP contribution >= 0.6 is 0 Å². The van der Waals surface area contributed by atoms with Gasteiger partial charge < -0.3 is 10.5 Å². The third-order valence-corrected chi connectivity index (χ3v) is 3.21. The van der Waals surface area contributed by atoms with Gasteiger partial charge in [-0.25, -0.2) is 0 Å². The first-order valence-electron chi connectivity index (χ1n) is 6.64. The highest BCUT2D eigenvalue weighted by molar-refractivity contribution is 5.37. The molecule has 1 aromatic rings. The van der Waals surface area contributed by atoms with Gasteiger partial charge in [-0.05, 0) is 30.9 Å². The zero-order valence-corrected chi connectivity index (χ0v) is 11.5. The second-order valence-electron chi connectivity index (χ2n) is 4.92. The molecule has 2 N–H and O–H groups in total. The topological polar surface area (TPSA) is 78.4 Å². The molecular weight excluding hydrogens is 244 g/mol. The third-order valence-electron chi connectivity index (χ3n) is 3.21. The summed E-state index contributed by atoms with van der Waals surface area (Å²) >= 11 is 0. The van der Waals surface area contributed by atoms with E-state index in [1.54, 1.807) is 12.1 Å². The molecule has 0 aliphatic rings. The molecule has 0 saturated carbocycles. The molecule has 0 radical (unpaired) electrons. The predicted molar refractivity (Wildman–Crippen MR) is 75.2 cm³/mol. The first-order valence-corrected chi connectivity index (χ1v) is 6.64. The molecule has 1 unspecified atom stereocenters. The third kappa shape index (κ3) is 5.26. The van der Waals surface area contributed by atoms with Crippen molar-refractivity contribution in [2.75, 3.05) is 13.2 Å². The molecule has 5 heteroatoms. The monoisotopic (exact) mass is 266 g/mol. The van der Waals surface area contributed by atoms with Gasteiger partial charge in [0.25, 0.3) is 5.69 Å². The molecule has 1 rings (SSSR count). The maximum Gasteiger partial charge on any atom is 0.273 e. The van der Waals surface area contributed by atoms with Gasteiger partial charge in [0.1, 0.15) is 5.75 Å². The maximum absolute atomic E-state index is 10.7. The van der Waals surface area contributed by atoms with E-state index in [9.17, 15) is 10.1 Å². The fraction of sp³-hybridized carbons (Fsp3) is 0.571. The molecule has 1 aromatic carbocycles. The molecule has 19 heavy (non-hydrogen) atoms. The quantitative estimate of drug-likeness (QED) is 0.579. The number of ether oxygens (including phenoxy) is 1. The molecule has 0 amide bonds. The Bertz CT molecular complexity index is 405. The Morgan fingerprint density at radius 3 is 2.79 bits per heavy atom. The number of nitro benzene ring substituents is 1. The lowest BCUT2D eigenvalue weighted by Crippen LogP contribution is -2.19. The van der Waals surface area contributed by atoms with E-state index >= 15 is 0 Å². The van der Waals surface area contributed by atoms with Crippen LogP contribution in [0.4, 0.5) is 5.69 Å². The number of benzene rings is 1. The van der Waals surface area contributed by atoms with Crippen LogP contribution in [0, 0.1) is 22.0 Å². The van der Waals surface area contributed by atoms with E-state index in [1.165, 1.54) is 12.1 Å². The van der Waals surface area contributed by atoms with E-state index in [0.717, 1.165) is 12.8 Å². The first kappa shape index (κ1) is 15.4. The van der Waals surface area contributed by atoms with E-state index in [-0.39, 0.29) is 5.69 Å². The van der Waals surface area contributed by atoms with Crippen molar-refractivity contribution in [3.05, 3.63) is 34.4 Å². The van der Waals surface area contributed by atoms with Gasteiger partial charge in [0.05, 0.1) is 17.6 Å². The Balaban J connectivity index is 2.47. The van der Waals surface area contributed by atoms with Crippen molar-refractivity contribution in [3.8, 4) is 5.75 Å². The minimum Gasteiger partial charge on any atom is -0.493 e. The molecule has 0 spiro atoms. The predicted octanol–water partition coefficient (Wildman–Crippen LogP) is 2.98. The molecular formula is C14H22N2O3. The molecule has 0 fully saturated rings. The van der Waals surface area contributed by atoms with Crippen LogP contribution in [0.1, 0.15) is 26.7 Å². The van der Waals surface area contributed by atoms with E-state index in [1.807, 2.05) is 0 Å². The molecule has 0 aromatic heterocycles. The zero-order valence-electron chi connectivity index (χ0n) is 11.5. The zero-order chi connectivity index (χ0) is 14.3. The normalized spacial score (nSPS) is 13.8. The van der Waals surface area contributed by atoms with Crippen LogP contribution in [0.15, 0.2) is 24.3 Å². The number of rotatable bonds is 8. The number of hydrogen-bond donors (Lipinski definition) is 1. The van der Waals surface area contributed by atoms with Crippen molar-refractivity contribution in [1.82, 2.24) is 0 Å². The second kappa shape index (κ2) is 7.74. The van der Waals surface area contributed by atoms with Crippen molar-refractivity contribution < 1.29 is 9.66 Å². The summed E-state index contributed by atoms with van der Waals surface area (Å²) in [4.78, 5) is 10.2. The Morgan fingerprint density at radius 1 is 1.47 bits per heavy atom. The highest BCUT2D eigenvalue weighted by Crippen LogP contribution is 2.21. The highest BCUT2D eigenvalue weighted by Gasteiger charge is 2.12. The number of hydrogen-bond acceptors (Lipinski definition) is 4. The van der Waals surface area contributed by atoms with Crippen molar-refractivity contribution in [1.29, 1.82) is 0 Å². The van der Waals surface area contributed by atoms with Crippen LogP contribution in [-0.2, 0) is 0 Å². The van der Waals surface area contributed by atoms with E-state index in [0.29, 0.717) is 30.7 Å². The minimum atomic E-state index is -0.419. The molecule has 0 aliphatic carbocycles. The Hall–Kier alpha value is -1.62. The average molecular weight is 266 g/mol. The van der Waals surface area contributed by atoms with Crippen LogP contribution in [0.25, 0.3) is 0 Å². The lowest BCUT2D eigenvalue weighted by Gasteiger charge is -2.18. The van der Waals surface area contributed by atoms with Crippen molar-refractivity contribution in [2.24, 2.45) is 17.6 Å². The van der Waals surface area contributed by atoms with E-state index in [2.05, 4.69) is 13.8 Å². The lowest BCUT2D eigenvalue weighted by molar-refractivity contribution is -0.384. The summed E-state index contributed by atoms with van der Waals surface area (Å²) < 4.78 is 5.60. The fourth-order valence-electron chi connectivity index (χ4n) is 1.99. The van der Waals surface area contributed by atoms with Gasteiger partial charge in [-0.2, -0.15) is 0 Å². The maximum atomic E-state index is 10.7. The first-order chi connectivity index (χ1) is 9.06. The van der Waals surface area contributed by atoms with Crippen molar-refractivity contribution >= 4 is 5.69 Å². The van der Waals surface area contributed by atoms with Crippen LogP contribution in [0.5, 0.6) is 5.75 Å². The van der Waals surface area contributed by atoms with Gasteiger partial charge in [-0.1, -0.05) is 26.3 Å². The highest BCUT2D eigenvalue weighted by atomic mass is 16.6. The molecule has 5 nitrogen and oxygen atoms in total. The van der Waals surface area contributed by atoms with Gasteiger partial charge in [0, 0.05) is 6.07 Å². The average Bonchev–Trinajstić information content (AvgIpc) is 2.42. The molecule has 0 aliphatic heterocycles. The summed E-state index contributed by atoms with van der Waals surface area (Å²) in [7, 11) is 0. The summed E-state index contributed by atoms with van der Waals surface area (Å²) in [6.45, 7) is 5.48. The van der Waals surface area contributed by atoms with Gasteiger partial charge in [-0.3, -0.25) is 10.1 Å². The van der Waals surface area contributed by atoms with E-state index in [4.69, 9.17) is 10.5 Å². The summed E-state index contributed by atoms with van der Waals surface area (Å²) in [5.41, 5.74) is 5.73. The minimum absolute atomic E-state index is 0.0542. The van der Waals surface area contributed by atoms with Gasteiger partial charge in [0.15, 0.2) is 0 Å². The summed E-state index contributed by atoms with van der Waals surface area (Å²) in [5.74, 6) is 1.44. The van der Waals surface area contributed by atoms with Crippen LogP contribution in [-0.4, -0.2) is 18.1 Å². The number of nitro groups is 1. The van der Waals surface area contributed by atoms with Crippen LogP contribution < -0.4 is 10.5 Å². The largest absolute Gasteiger partial charge is 0.493 e. The van der Waals surface area contributed by atoms with Crippen LogP contribution in [0.3, 0.4) is 0 Å². The Labute approximate surface area is 113 Å². The molecule has 0 bridgehead atoms. The fourth-order valence-corrected chi connectivity index (χ4v) is 1.99. The number of nitrogens with zero attached hydrogens (tertiary/aromatic N) is 1. The summed E-state index contributed by atoms with van der Waals surface area (Å²) in [6, 6.07) is 6.28. The summed E-state index contributed by atoms with van der Waals surface area (Å²) in [6.07, 6.45) is 2.08. The smallest absolute Gasteiger partial charge is 0.273 e. The molecule has 2 atom stereocenters. The Morgan fingerprint density at radius 2 is 2.21 bits per heavy atom. The van der Waals surface area contributed by atoms with Gasteiger partial charge in [-0.15, -0.1) is 0 Å². The van der Waals surface area contributed by atoms with Gasteiger partial charge >= 0.3 is 0 Å². The standard InChI is InChI=1S/C14H22N2O3/c1-3-12(9-15)7-11(2)10-19-14-6-4-5-13(8-14)16(17)18/h4-6,8,11-12H,3,7,9-10,15H2,1-2H3/t11?,12-/m0/s1. The number of nitrogens with two attached hydrogens (primary N) is 1. The molecule has 0 heterocycles. The second-order valence-corrected chi connectivity index (χ2v) is 4.92. The van der Waals surface area contributed by atoms with Gasteiger partial charge in [0.2, 0.25) is 0 Å². The van der Waals surface area contributed by atoms with Crippen LogP contribution in [0.2, 0.25) is 0 Å². The molecule has 0 saturated heterocycles. The van der Waals surface area contributed by atoms with Crippen molar-refractivity contribution in [2.45, 2.75) is 26.7 Å². The molecule has 106 valence electrons. The Kier molecular flexibility index (Phi) is 6.29. The van der Waals surface area contributed by atoms with E-state index < -0.39 is 4.92 Å². The van der Waals surface area contributed by atoms with Crippen molar-refractivity contribution in [3.63, 3.8) is 0 Å².